The van der Waals surface area contributed by atoms with Gasteiger partial charge in [0.2, 0.25) is 5.82 Å². The van der Waals surface area contributed by atoms with Crippen molar-refractivity contribution in [2.75, 3.05) is 7.05 Å². The van der Waals surface area contributed by atoms with Gasteiger partial charge in [-0.05, 0) is 17.7 Å². The minimum Gasteiger partial charge on any atom is -0.355 e. The van der Waals surface area contributed by atoms with Gasteiger partial charge < -0.3 is 5.32 Å². The van der Waals surface area contributed by atoms with Gasteiger partial charge in [0.25, 0.3) is 5.91 Å². The molecule has 2 aromatic rings. The van der Waals surface area contributed by atoms with Crippen LogP contribution >= 0.6 is 0 Å². The number of nitro benzene ring substituents is 1. The predicted octanol–water partition coefficient (Wildman–Crippen LogP) is 2.76. The summed E-state index contributed by atoms with van der Waals surface area (Å²) in [6.07, 6.45) is 0. The standard InChI is InChI=1S/C14H11FN2O3/c1-16-14(18)10-7-8-11(15)13(17(19)20)12(10)9-5-3-2-4-6-9/h2-8H,1H3,(H,16,18). The summed E-state index contributed by atoms with van der Waals surface area (Å²) in [6, 6.07) is 10.4. The van der Waals surface area contributed by atoms with Crippen molar-refractivity contribution in [2.24, 2.45) is 0 Å². The highest BCUT2D eigenvalue weighted by atomic mass is 19.1. The van der Waals surface area contributed by atoms with E-state index in [0.717, 1.165) is 6.07 Å². The number of hydrogen-bond donors (Lipinski definition) is 1. The van der Waals surface area contributed by atoms with Gasteiger partial charge in [-0.3, -0.25) is 14.9 Å². The van der Waals surface area contributed by atoms with Crippen LogP contribution in [0.15, 0.2) is 42.5 Å². The van der Waals surface area contributed by atoms with Crippen molar-refractivity contribution in [1.29, 1.82) is 0 Å². The van der Waals surface area contributed by atoms with Gasteiger partial charge in [0, 0.05) is 7.05 Å². The average molecular weight is 274 g/mol. The lowest BCUT2D eigenvalue weighted by molar-refractivity contribution is -0.386. The molecule has 1 N–H and O–H groups in total. The van der Waals surface area contributed by atoms with Crippen LogP contribution in [0.2, 0.25) is 0 Å². The summed E-state index contributed by atoms with van der Waals surface area (Å²) >= 11 is 0. The van der Waals surface area contributed by atoms with Gasteiger partial charge in [0.1, 0.15) is 0 Å². The SMILES string of the molecule is CNC(=O)c1ccc(F)c([N+](=O)[O-])c1-c1ccccc1. The first kappa shape index (κ1) is 13.7. The Hall–Kier alpha value is -2.76. The third-order valence-electron chi connectivity index (χ3n) is 2.85. The van der Waals surface area contributed by atoms with Crippen LogP contribution in [-0.2, 0) is 0 Å². The van der Waals surface area contributed by atoms with E-state index in [-0.39, 0.29) is 11.1 Å². The lowest BCUT2D eigenvalue weighted by Gasteiger charge is -2.10. The summed E-state index contributed by atoms with van der Waals surface area (Å²) in [5.74, 6) is -1.48. The number of nitrogens with zero attached hydrogens (tertiary/aromatic N) is 1. The molecule has 0 saturated carbocycles. The van der Waals surface area contributed by atoms with E-state index in [1.807, 2.05) is 0 Å². The fourth-order valence-electron chi connectivity index (χ4n) is 1.97. The topological polar surface area (TPSA) is 72.2 Å². The second-order valence-electron chi connectivity index (χ2n) is 4.02. The summed E-state index contributed by atoms with van der Waals surface area (Å²) < 4.78 is 13.8. The van der Waals surface area contributed by atoms with E-state index in [1.54, 1.807) is 30.3 Å². The van der Waals surface area contributed by atoms with Crippen LogP contribution in [0.25, 0.3) is 11.1 Å². The molecule has 2 rings (SSSR count). The molecule has 0 saturated heterocycles. The van der Waals surface area contributed by atoms with Gasteiger partial charge in [-0.15, -0.1) is 0 Å². The normalized spacial score (nSPS) is 10.1. The number of nitro groups is 1. The molecule has 0 fully saturated rings. The highest BCUT2D eigenvalue weighted by molar-refractivity contribution is 6.03. The molecule has 102 valence electrons. The van der Waals surface area contributed by atoms with Crippen LogP contribution in [-0.4, -0.2) is 17.9 Å². The van der Waals surface area contributed by atoms with E-state index >= 15 is 0 Å². The maximum atomic E-state index is 13.8. The molecule has 0 aromatic heterocycles. The van der Waals surface area contributed by atoms with Crippen LogP contribution in [0.3, 0.4) is 0 Å². The Morgan fingerprint density at radius 2 is 1.85 bits per heavy atom. The molecule has 0 unspecified atom stereocenters. The minimum absolute atomic E-state index is 0.0186. The first-order chi connectivity index (χ1) is 9.56. The number of nitrogens with one attached hydrogen (secondary N) is 1. The molecule has 0 aliphatic carbocycles. The van der Waals surface area contributed by atoms with E-state index in [9.17, 15) is 19.3 Å². The van der Waals surface area contributed by atoms with Gasteiger partial charge in [-0.1, -0.05) is 30.3 Å². The Morgan fingerprint density at radius 1 is 1.20 bits per heavy atom. The van der Waals surface area contributed by atoms with Crippen LogP contribution in [0.4, 0.5) is 10.1 Å². The van der Waals surface area contributed by atoms with Gasteiger partial charge in [0.05, 0.1) is 16.1 Å². The third kappa shape index (κ3) is 2.35. The quantitative estimate of drug-likeness (QED) is 0.691. The fraction of sp³-hybridized carbons (Fsp3) is 0.0714. The summed E-state index contributed by atoms with van der Waals surface area (Å²) in [5, 5.41) is 13.5. The fourth-order valence-corrected chi connectivity index (χ4v) is 1.97. The molecule has 20 heavy (non-hydrogen) atoms. The van der Waals surface area contributed by atoms with Crippen LogP contribution < -0.4 is 5.32 Å². The lowest BCUT2D eigenvalue weighted by Crippen LogP contribution is -2.19. The molecular weight excluding hydrogens is 263 g/mol. The minimum atomic E-state index is -0.971. The first-order valence-corrected chi connectivity index (χ1v) is 5.80. The Balaban J connectivity index is 2.82. The molecule has 2 aromatic carbocycles. The molecule has 0 atom stereocenters. The van der Waals surface area contributed by atoms with Crippen molar-refractivity contribution < 1.29 is 14.1 Å². The van der Waals surface area contributed by atoms with Crippen molar-refractivity contribution in [3.05, 3.63) is 64.0 Å². The van der Waals surface area contributed by atoms with Crippen LogP contribution in [0, 0.1) is 15.9 Å². The summed E-state index contributed by atoms with van der Waals surface area (Å²) in [6.45, 7) is 0. The van der Waals surface area contributed by atoms with Crippen molar-refractivity contribution in [1.82, 2.24) is 5.32 Å². The van der Waals surface area contributed by atoms with Gasteiger partial charge in [-0.25, -0.2) is 0 Å². The Labute approximate surface area is 114 Å². The zero-order valence-electron chi connectivity index (χ0n) is 10.6. The summed E-state index contributed by atoms with van der Waals surface area (Å²) in [4.78, 5) is 22.1. The molecular formula is C14H11FN2O3. The predicted molar refractivity (Wildman–Crippen MR) is 71.9 cm³/mol. The average Bonchev–Trinajstić information content (AvgIpc) is 2.46. The van der Waals surface area contributed by atoms with Gasteiger partial charge in [0.15, 0.2) is 0 Å². The molecule has 0 bridgehead atoms. The number of halogens is 1. The summed E-state index contributed by atoms with van der Waals surface area (Å²) in [7, 11) is 1.41. The van der Waals surface area contributed by atoms with Crippen molar-refractivity contribution in [2.45, 2.75) is 0 Å². The molecule has 0 spiro atoms. The van der Waals surface area contributed by atoms with E-state index in [1.165, 1.54) is 13.1 Å². The monoisotopic (exact) mass is 274 g/mol. The number of amides is 1. The summed E-state index contributed by atoms with van der Waals surface area (Å²) in [5.41, 5.74) is -0.239. The molecule has 5 nitrogen and oxygen atoms in total. The van der Waals surface area contributed by atoms with Crippen LogP contribution in [0.5, 0.6) is 0 Å². The zero-order chi connectivity index (χ0) is 14.7. The highest BCUT2D eigenvalue weighted by Crippen LogP contribution is 2.35. The van der Waals surface area contributed by atoms with Crippen molar-refractivity contribution in [3.63, 3.8) is 0 Å². The van der Waals surface area contributed by atoms with E-state index in [2.05, 4.69) is 5.32 Å². The molecule has 6 heteroatoms. The maximum absolute atomic E-state index is 13.8. The second kappa shape index (κ2) is 5.48. The first-order valence-electron chi connectivity index (χ1n) is 5.80. The maximum Gasteiger partial charge on any atom is 0.313 e. The van der Waals surface area contributed by atoms with Gasteiger partial charge >= 0.3 is 5.69 Å². The Bertz CT molecular complexity index is 672. The van der Waals surface area contributed by atoms with E-state index < -0.39 is 22.3 Å². The molecule has 0 radical (unpaired) electrons. The van der Waals surface area contributed by atoms with Crippen molar-refractivity contribution in [3.8, 4) is 11.1 Å². The molecule has 0 heterocycles. The third-order valence-corrected chi connectivity index (χ3v) is 2.85. The van der Waals surface area contributed by atoms with Crippen molar-refractivity contribution >= 4 is 11.6 Å². The zero-order valence-corrected chi connectivity index (χ0v) is 10.6. The lowest BCUT2D eigenvalue weighted by atomic mass is 9.97. The number of rotatable bonds is 3. The number of carbonyl (C=O) groups is 1. The van der Waals surface area contributed by atoms with E-state index in [0.29, 0.717) is 5.56 Å². The number of benzene rings is 2. The van der Waals surface area contributed by atoms with Gasteiger partial charge in [-0.2, -0.15) is 4.39 Å². The van der Waals surface area contributed by atoms with E-state index in [4.69, 9.17) is 0 Å². The number of carbonyl (C=O) groups excluding carboxylic acids is 1. The van der Waals surface area contributed by atoms with Crippen LogP contribution in [0.1, 0.15) is 10.4 Å². The molecule has 1 amide bonds. The second-order valence-corrected chi connectivity index (χ2v) is 4.02. The molecule has 0 aliphatic rings. The Morgan fingerprint density at radius 3 is 2.40 bits per heavy atom. The largest absolute Gasteiger partial charge is 0.355 e. The number of hydrogen-bond acceptors (Lipinski definition) is 3. The highest BCUT2D eigenvalue weighted by Gasteiger charge is 2.27. The smallest absolute Gasteiger partial charge is 0.313 e. The molecule has 0 aliphatic heterocycles. The Kier molecular flexibility index (Phi) is 3.74.